The average Bonchev–Trinajstić information content (AvgIpc) is 3.25. The fraction of sp³-hybridized carbons (Fsp3) is 0.391. The summed E-state index contributed by atoms with van der Waals surface area (Å²) in [5.74, 6) is 0.856. The summed E-state index contributed by atoms with van der Waals surface area (Å²) < 4.78 is 9.66. The molecule has 1 atom stereocenters. The number of benzene rings is 2. The van der Waals surface area contributed by atoms with Gasteiger partial charge in [-0.1, -0.05) is 31.2 Å². The van der Waals surface area contributed by atoms with Crippen LogP contribution in [0.2, 0.25) is 0 Å². The third-order valence-electron chi connectivity index (χ3n) is 5.91. The van der Waals surface area contributed by atoms with Crippen molar-refractivity contribution < 1.29 is 4.42 Å². The first-order chi connectivity index (χ1) is 14.2. The molecule has 6 heteroatoms. The number of rotatable bonds is 5. The molecule has 5 rings (SSSR count). The van der Waals surface area contributed by atoms with Gasteiger partial charge < -0.3 is 8.98 Å². The Labute approximate surface area is 169 Å². The Morgan fingerprint density at radius 2 is 1.90 bits per heavy atom. The van der Waals surface area contributed by atoms with Crippen LogP contribution in [0.4, 0.5) is 0 Å². The summed E-state index contributed by atoms with van der Waals surface area (Å²) in [6.07, 6.45) is 3.13. The second-order valence-electron chi connectivity index (χ2n) is 7.91. The predicted octanol–water partition coefficient (Wildman–Crippen LogP) is 4.19. The van der Waals surface area contributed by atoms with Crippen LogP contribution >= 0.6 is 0 Å². The third-order valence-corrected chi connectivity index (χ3v) is 5.91. The zero-order chi connectivity index (χ0) is 19.8. The molecule has 29 heavy (non-hydrogen) atoms. The molecule has 0 spiro atoms. The van der Waals surface area contributed by atoms with E-state index in [4.69, 9.17) is 9.40 Å². The smallest absolute Gasteiger partial charge is 0.408 e. The highest BCUT2D eigenvalue weighted by molar-refractivity contribution is 5.76. The van der Waals surface area contributed by atoms with E-state index in [0.717, 1.165) is 62.3 Å². The largest absolute Gasteiger partial charge is 0.420 e. The molecule has 0 unspecified atom stereocenters. The van der Waals surface area contributed by atoms with Crippen LogP contribution in [-0.2, 0) is 13.1 Å². The number of hydrogen-bond acceptors (Lipinski definition) is 4. The van der Waals surface area contributed by atoms with Crippen LogP contribution in [0, 0.1) is 0 Å². The van der Waals surface area contributed by atoms with Gasteiger partial charge in [0.2, 0.25) is 0 Å². The minimum absolute atomic E-state index is 0.129. The summed E-state index contributed by atoms with van der Waals surface area (Å²) in [6.45, 7) is 5.83. The van der Waals surface area contributed by atoms with Crippen molar-refractivity contribution in [1.82, 2.24) is 19.0 Å². The van der Waals surface area contributed by atoms with Gasteiger partial charge in [-0.25, -0.2) is 9.78 Å². The normalized spacial score (nSPS) is 18.0. The number of aromatic nitrogens is 3. The molecule has 0 radical (unpaired) electrons. The van der Waals surface area contributed by atoms with Gasteiger partial charge in [-0.15, -0.1) is 0 Å². The van der Waals surface area contributed by atoms with E-state index >= 15 is 0 Å². The van der Waals surface area contributed by atoms with Gasteiger partial charge in [0.05, 0.1) is 29.1 Å². The molecule has 150 valence electrons. The first kappa shape index (κ1) is 18.2. The molecule has 1 aliphatic heterocycles. The van der Waals surface area contributed by atoms with Crippen molar-refractivity contribution in [3.8, 4) is 0 Å². The number of likely N-dealkylation sites (tertiary alicyclic amines) is 1. The van der Waals surface area contributed by atoms with E-state index in [1.807, 2.05) is 34.9 Å². The first-order valence-corrected chi connectivity index (χ1v) is 10.5. The van der Waals surface area contributed by atoms with E-state index in [1.54, 1.807) is 0 Å². The highest BCUT2D eigenvalue weighted by Gasteiger charge is 2.26. The van der Waals surface area contributed by atoms with Gasteiger partial charge in [0.1, 0.15) is 5.82 Å². The molecular weight excluding hydrogens is 364 g/mol. The minimum Gasteiger partial charge on any atom is -0.408 e. The minimum atomic E-state index is -0.253. The lowest BCUT2D eigenvalue weighted by atomic mass is 10.1. The van der Waals surface area contributed by atoms with Gasteiger partial charge in [-0.05, 0) is 50.1 Å². The highest BCUT2D eigenvalue weighted by Crippen LogP contribution is 2.26. The lowest BCUT2D eigenvalue weighted by molar-refractivity contribution is 0.163. The molecule has 0 amide bonds. The van der Waals surface area contributed by atoms with Crippen molar-refractivity contribution >= 4 is 22.1 Å². The van der Waals surface area contributed by atoms with Crippen LogP contribution in [0.3, 0.4) is 0 Å². The van der Waals surface area contributed by atoms with Crippen LogP contribution in [0.5, 0.6) is 0 Å². The maximum Gasteiger partial charge on any atom is 0.420 e. The molecule has 1 aliphatic rings. The topological polar surface area (TPSA) is 56.2 Å². The number of imidazole rings is 1. The van der Waals surface area contributed by atoms with Crippen LogP contribution in [0.25, 0.3) is 22.1 Å². The lowest BCUT2D eigenvalue weighted by Crippen LogP contribution is -2.39. The quantitative estimate of drug-likeness (QED) is 0.513. The van der Waals surface area contributed by atoms with E-state index in [0.29, 0.717) is 5.58 Å². The van der Waals surface area contributed by atoms with Gasteiger partial charge in [0.15, 0.2) is 5.58 Å². The average molecular weight is 390 g/mol. The Balaban J connectivity index is 1.43. The summed E-state index contributed by atoms with van der Waals surface area (Å²) in [5, 5.41) is 0. The van der Waals surface area contributed by atoms with E-state index in [-0.39, 0.29) is 11.8 Å². The number of aryl methyl sites for hydroxylation is 1. The SMILES string of the molecule is CCCn1c(CN2CCC[C@H](n3c(=O)oc4ccccc43)C2)nc2ccccc21. The highest BCUT2D eigenvalue weighted by atomic mass is 16.4. The molecule has 1 fully saturated rings. The van der Waals surface area contributed by atoms with Crippen LogP contribution in [0.15, 0.2) is 57.7 Å². The van der Waals surface area contributed by atoms with Crippen molar-refractivity contribution in [3.05, 3.63) is 64.9 Å². The molecule has 1 saturated heterocycles. The molecular formula is C23H26N4O2. The molecule has 0 aliphatic carbocycles. The molecule has 0 N–H and O–H groups in total. The van der Waals surface area contributed by atoms with Gasteiger partial charge in [-0.3, -0.25) is 9.47 Å². The maximum absolute atomic E-state index is 12.5. The Morgan fingerprint density at radius 3 is 2.76 bits per heavy atom. The second-order valence-corrected chi connectivity index (χ2v) is 7.91. The number of oxazole rings is 1. The van der Waals surface area contributed by atoms with Gasteiger partial charge in [0.25, 0.3) is 0 Å². The Bertz CT molecular complexity index is 1200. The van der Waals surface area contributed by atoms with Crippen LogP contribution < -0.4 is 5.76 Å². The van der Waals surface area contributed by atoms with E-state index < -0.39 is 0 Å². The molecule has 0 saturated carbocycles. The third kappa shape index (κ3) is 3.27. The van der Waals surface area contributed by atoms with Crippen LogP contribution in [-0.4, -0.2) is 32.1 Å². The summed E-state index contributed by atoms with van der Waals surface area (Å²) in [5.41, 5.74) is 3.82. The number of hydrogen-bond donors (Lipinski definition) is 0. The van der Waals surface area contributed by atoms with Crippen molar-refractivity contribution in [2.24, 2.45) is 0 Å². The molecule has 4 aromatic rings. The monoisotopic (exact) mass is 390 g/mol. The van der Waals surface area contributed by atoms with E-state index in [2.05, 4.69) is 34.6 Å². The zero-order valence-corrected chi connectivity index (χ0v) is 16.8. The second kappa shape index (κ2) is 7.52. The van der Waals surface area contributed by atoms with Crippen molar-refractivity contribution in [2.45, 2.75) is 45.3 Å². The molecule has 2 aromatic heterocycles. The van der Waals surface area contributed by atoms with Crippen molar-refractivity contribution in [3.63, 3.8) is 0 Å². The number of fused-ring (bicyclic) bond motifs is 2. The molecule has 3 heterocycles. The lowest BCUT2D eigenvalue weighted by Gasteiger charge is -2.32. The predicted molar refractivity (Wildman–Crippen MR) is 114 cm³/mol. The fourth-order valence-electron chi connectivity index (χ4n) is 4.63. The number of nitrogens with zero attached hydrogens (tertiary/aromatic N) is 4. The first-order valence-electron chi connectivity index (χ1n) is 10.5. The summed E-state index contributed by atoms with van der Waals surface area (Å²) >= 11 is 0. The Morgan fingerprint density at radius 1 is 1.10 bits per heavy atom. The molecule has 6 nitrogen and oxygen atoms in total. The maximum atomic E-state index is 12.5. The van der Waals surface area contributed by atoms with Crippen molar-refractivity contribution in [1.29, 1.82) is 0 Å². The number of para-hydroxylation sites is 4. The van der Waals surface area contributed by atoms with Crippen LogP contribution in [0.1, 0.15) is 38.1 Å². The Hall–Kier alpha value is -2.86. The Kier molecular flexibility index (Phi) is 4.72. The molecule has 0 bridgehead atoms. The van der Waals surface area contributed by atoms with Gasteiger partial charge >= 0.3 is 5.76 Å². The summed E-state index contributed by atoms with van der Waals surface area (Å²) in [4.78, 5) is 19.9. The van der Waals surface area contributed by atoms with E-state index in [1.165, 1.54) is 5.52 Å². The van der Waals surface area contributed by atoms with Gasteiger partial charge in [-0.2, -0.15) is 0 Å². The standard InChI is InChI=1S/C23H26N4O2/c1-2-13-26-19-10-4-3-9-18(19)24-22(26)16-25-14-7-8-17(15-25)27-20-11-5-6-12-21(20)29-23(27)28/h3-6,9-12,17H,2,7-8,13-16H2,1H3/t17-/m0/s1. The zero-order valence-electron chi connectivity index (χ0n) is 16.8. The van der Waals surface area contributed by atoms with Crippen molar-refractivity contribution in [2.75, 3.05) is 13.1 Å². The molecule has 2 aromatic carbocycles. The van der Waals surface area contributed by atoms with E-state index in [9.17, 15) is 4.79 Å². The summed E-state index contributed by atoms with van der Waals surface area (Å²) in [6, 6.07) is 16.2. The summed E-state index contributed by atoms with van der Waals surface area (Å²) in [7, 11) is 0. The number of piperidine rings is 1. The fourth-order valence-corrected chi connectivity index (χ4v) is 4.63. The van der Waals surface area contributed by atoms with Gasteiger partial charge in [0, 0.05) is 13.1 Å².